The highest BCUT2D eigenvalue weighted by atomic mass is 16.5. The molecule has 1 saturated heterocycles. The number of rotatable bonds is 3. The Morgan fingerprint density at radius 1 is 1.32 bits per heavy atom. The van der Waals surface area contributed by atoms with Crippen molar-refractivity contribution < 1.29 is 9.32 Å². The summed E-state index contributed by atoms with van der Waals surface area (Å²) in [6.07, 6.45) is 1.88. The van der Waals surface area contributed by atoms with E-state index >= 15 is 0 Å². The molecule has 128 valence electrons. The molecule has 0 saturated carbocycles. The summed E-state index contributed by atoms with van der Waals surface area (Å²) in [5, 5.41) is 11.1. The zero-order valence-electron chi connectivity index (χ0n) is 14.0. The predicted molar refractivity (Wildman–Crippen MR) is 90.9 cm³/mol. The zero-order chi connectivity index (χ0) is 17.2. The highest BCUT2D eigenvalue weighted by molar-refractivity contribution is 5.93. The number of piperidine rings is 1. The molecule has 0 radical (unpaired) electrons. The van der Waals surface area contributed by atoms with Gasteiger partial charge in [-0.1, -0.05) is 35.5 Å². The number of amides is 1. The van der Waals surface area contributed by atoms with Crippen LogP contribution in [0.15, 0.2) is 40.9 Å². The average Bonchev–Trinajstić information content (AvgIpc) is 3.31. The van der Waals surface area contributed by atoms with E-state index in [-0.39, 0.29) is 11.8 Å². The molecule has 3 heterocycles. The van der Waals surface area contributed by atoms with Gasteiger partial charge in [-0.05, 0) is 18.9 Å². The summed E-state index contributed by atoms with van der Waals surface area (Å²) in [7, 11) is 0. The molecule has 1 atom stereocenters. The zero-order valence-corrected chi connectivity index (χ0v) is 14.0. The van der Waals surface area contributed by atoms with Crippen molar-refractivity contribution in [3.05, 3.63) is 53.8 Å². The Balaban J connectivity index is 1.50. The van der Waals surface area contributed by atoms with Gasteiger partial charge in [0.25, 0.3) is 5.91 Å². The molecule has 25 heavy (non-hydrogen) atoms. The first-order valence-electron chi connectivity index (χ1n) is 8.41. The summed E-state index contributed by atoms with van der Waals surface area (Å²) in [4.78, 5) is 19.0. The highest BCUT2D eigenvalue weighted by Gasteiger charge is 2.29. The molecular formula is C18H19N5O2. The van der Waals surface area contributed by atoms with E-state index in [2.05, 4.69) is 20.3 Å². The van der Waals surface area contributed by atoms with Crippen molar-refractivity contribution in [2.45, 2.75) is 25.7 Å². The number of benzene rings is 1. The van der Waals surface area contributed by atoms with Crippen LogP contribution in [0.25, 0.3) is 11.3 Å². The molecule has 1 aromatic carbocycles. The molecule has 3 aromatic rings. The maximum atomic E-state index is 12.8. The molecule has 0 aliphatic carbocycles. The Bertz CT molecular complexity index is 870. The van der Waals surface area contributed by atoms with Crippen molar-refractivity contribution in [1.82, 2.24) is 25.2 Å². The van der Waals surface area contributed by atoms with E-state index in [0.29, 0.717) is 24.0 Å². The second-order valence-corrected chi connectivity index (χ2v) is 6.29. The van der Waals surface area contributed by atoms with E-state index in [0.717, 1.165) is 30.6 Å². The van der Waals surface area contributed by atoms with Crippen molar-refractivity contribution in [1.29, 1.82) is 0 Å². The lowest BCUT2D eigenvalue weighted by Gasteiger charge is -2.30. The lowest BCUT2D eigenvalue weighted by Crippen LogP contribution is -2.39. The number of hydrogen-bond donors (Lipinski definition) is 1. The molecule has 1 N–H and O–H groups in total. The normalized spacial score (nSPS) is 17.6. The van der Waals surface area contributed by atoms with Crippen LogP contribution in [0.3, 0.4) is 0 Å². The summed E-state index contributed by atoms with van der Waals surface area (Å²) >= 11 is 0. The van der Waals surface area contributed by atoms with Crippen LogP contribution in [0.5, 0.6) is 0 Å². The van der Waals surface area contributed by atoms with Gasteiger partial charge in [0, 0.05) is 31.5 Å². The Labute approximate surface area is 145 Å². The van der Waals surface area contributed by atoms with E-state index < -0.39 is 0 Å². The quantitative estimate of drug-likeness (QED) is 0.794. The van der Waals surface area contributed by atoms with Crippen molar-refractivity contribution in [2.24, 2.45) is 0 Å². The maximum absolute atomic E-state index is 12.8. The first kappa shape index (κ1) is 15.6. The van der Waals surface area contributed by atoms with Crippen LogP contribution in [0.4, 0.5) is 0 Å². The monoisotopic (exact) mass is 337 g/mol. The summed E-state index contributed by atoms with van der Waals surface area (Å²) < 4.78 is 5.07. The number of aromatic nitrogens is 4. The number of carbonyl (C=O) groups is 1. The minimum absolute atomic E-state index is 0.0420. The summed E-state index contributed by atoms with van der Waals surface area (Å²) in [6.45, 7) is 3.10. The molecule has 1 fully saturated rings. The number of aryl methyl sites for hydroxylation is 1. The minimum atomic E-state index is -0.0420. The third-order valence-electron chi connectivity index (χ3n) is 4.49. The number of likely N-dealkylation sites (tertiary alicyclic amines) is 1. The molecule has 1 aliphatic heterocycles. The van der Waals surface area contributed by atoms with Crippen LogP contribution in [0.1, 0.15) is 41.0 Å². The van der Waals surface area contributed by atoms with Crippen LogP contribution in [-0.4, -0.2) is 44.2 Å². The number of H-pyrrole nitrogens is 1. The second kappa shape index (κ2) is 6.51. The van der Waals surface area contributed by atoms with Crippen LogP contribution < -0.4 is 0 Å². The van der Waals surface area contributed by atoms with Crippen molar-refractivity contribution in [3.63, 3.8) is 0 Å². The van der Waals surface area contributed by atoms with E-state index in [1.54, 1.807) is 13.0 Å². The summed E-state index contributed by atoms with van der Waals surface area (Å²) in [5.41, 5.74) is 2.26. The highest BCUT2D eigenvalue weighted by Crippen LogP contribution is 2.26. The molecule has 1 amide bonds. The third kappa shape index (κ3) is 3.17. The van der Waals surface area contributed by atoms with Crippen LogP contribution in [0.2, 0.25) is 0 Å². The molecule has 1 aliphatic rings. The summed E-state index contributed by atoms with van der Waals surface area (Å²) in [6, 6.07) is 11.6. The number of aromatic amines is 1. The Hall–Kier alpha value is -2.96. The fourth-order valence-corrected chi connectivity index (χ4v) is 3.21. The molecular weight excluding hydrogens is 318 g/mol. The molecule has 7 nitrogen and oxygen atoms in total. The Kier molecular flexibility index (Phi) is 4.05. The molecule has 0 spiro atoms. The van der Waals surface area contributed by atoms with Crippen molar-refractivity contribution in [2.75, 3.05) is 13.1 Å². The number of carbonyl (C=O) groups excluding carboxylic acids is 1. The van der Waals surface area contributed by atoms with Gasteiger partial charge < -0.3 is 9.42 Å². The standard InChI is InChI=1S/C18H19N5O2/c1-12-19-17(22-25-12)14-8-5-9-23(11-14)18(24)16-10-15(20-21-16)13-6-3-2-4-7-13/h2-4,6-7,10,14H,5,8-9,11H2,1H3,(H,20,21)/t14-/m0/s1. The Morgan fingerprint density at radius 2 is 2.16 bits per heavy atom. The van der Waals surface area contributed by atoms with Gasteiger partial charge in [0.2, 0.25) is 5.89 Å². The number of nitrogens with one attached hydrogen (secondary N) is 1. The van der Waals surface area contributed by atoms with Gasteiger partial charge in [0.1, 0.15) is 5.69 Å². The molecule has 0 unspecified atom stereocenters. The van der Waals surface area contributed by atoms with E-state index in [9.17, 15) is 4.79 Å². The number of nitrogens with zero attached hydrogens (tertiary/aromatic N) is 4. The van der Waals surface area contributed by atoms with Gasteiger partial charge in [-0.15, -0.1) is 0 Å². The van der Waals surface area contributed by atoms with E-state index in [1.807, 2.05) is 35.2 Å². The van der Waals surface area contributed by atoms with Crippen LogP contribution >= 0.6 is 0 Å². The van der Waals surface area contributed by atoms with Crippen LogP contribution in [0, 0.1) is 6.92 Å². The van der Waals surface area contributed by atoms with Gasteiger partial charge in [0.05, 0.1) is 5.69 Å². The summed E-state index contributed by atoms with van der Waals surface area (Å²) in [5.74, 6) is 1.32. The topological polar surface area (TPSA) is 87.9 Å². The molecule has 7 heteroatoms. The third-order valence-corrected chi connectivity index (χ3v) is 4.49. The molecule has 0 bridgehead atoms. The molecule has 2 aromatic heterocycles. The SMILES string of the molecule is Cc1nc([C@H]2CCCN(C(=O)c3cc(-c4ccccc4)n[nH]3)C2)no1. The fraction of sp³-hybridized carbons (Fsp3) is 0.333. The average molecular weight is 337 g/mol. The smallest absolute Gasteiger partial charge is 0.271 e. The van der Waals surface area contributed by atoms with Gasteiger partial charge in [-0.25, -0.2) is 0 Å². The predicted octanol–water partition coefficient (Wildman–Crippen LogP) is 2.79. The van der Waals surface area contributed by atoms with E-state index in [1.165, 1.54) is 0 Å². The van der Waals surface area contributed by atoms with E-state index in [4.69, 9.17) is 4.52 Å². The largest absolute Gasteiger partial charge is 0.340 e. The van der Waals surface area contributed by atoms with Crippen LogP contribution in [-0.2, 0) is 0 Å². The molecule has 4 rings (SSSR count). The minimum Gasteiger partial charge on any atom is -0.340 e. The fourth-order valence-electron chi connectivity index (χ4n) is 3.21. The number of hydrogen-bond acceptors (Lipinski definition) is 5. The maximum Gasteiger partial charge on any atom is 0.271 e. The van der Waals surface area contributed by atoms with Gasteiger partial charge in [-0.2, -0.15) is 10.1 Å². The van der Waals surface area contributed by atoms with Gasteiger partial charge in [-0.3, -0.25) is 9.89 Å². The first-order chi connectivity index (χ1) is 12.2. The second-order valence-electron chi connectivity index (χ2n) is 6.29. The lowest BCUT2D eigenvalue weighted by molar-refractivity contribution is 0.0697. The van der Waals surface area contributed by atoms with Crippen molar-refractivity contribution in [3.8, 4) is 11.3 Å². The first-order valence-corrected chi connectivity index (χ1v) is 8.41. The lowest BCUT2D eigenvalue weighted by atomic mass is 9.97. The Morgan fingerprint density at radius 3 is 2.92 bits per heavy atom. The van der Waals surface area contributed by atoms with Gasteiger partial charge >= 0.3 is 0 Å². The van der Waals surface area contributed by atoms with Gasteiger partial charge in [0.15, 0.2) is 5.82 Å². The van der Waals surface area contributed by atoms with Crippen molar-refractivity contribution >= 4 is 5.91 Å².